The highest BCUT2D eigenvalue weighted by Gasteiger charge is 2.01. The smallest absolute Gasteiger partial charge is 0.231 e. The van der Waals surface area contributed by atoms with Crippen molar-refractivity contribution in [3.63, 3.8) is 0 Å². The van der Waals surface area contributed by atoms with Crippen LogP contribution < -0.4 is 4.74 Å². The van der Waals surface area contributed by atoms with Crippen molar-refractivity contribution in [1.29, 1.82) is 0 Å². The lowest BCUT2D eigenvalue weighted by Gasteiger charge is -2.05. The van der Waals surface area contributed by atoms with Crippen LogP contribution in [0.1, 0.15) is 37.3 Å². The Morgan fingerprint density at radius 3 is 2.45 bits per heavy atom. The Bertz CT molecular complexity index is 672. The van der Waals surface area contributed by atoms with Crippen molar-refractivity contribution in [1.82, 2.24) is 4.98 Å². The number of pyridine rings is 1. The molecule has 2 aromatic rings. The van der Waals surface area contributed by atoms with Gasteiger partial charge in [-0.05, 0) is 42.8 Å². The van der Waals surface area contributed by atoms with Crippen molar-refractivity contribution in [2.24, 2.45) is 0 Å². The first-order valence-corrected chi connectivity index (χ1v) is 7.26. The molecule has 0 atom stereocenters. The van der Waals surface area contributed by atoms with E-state index in [1.165, 1.54) is 6.07 Å². The van der Waals surface area contributed by atoms with Crippen LogP contribution in [-0.2, 0) is 0 Å². The van der Waals surface area contributed by atoms with E-state index in [4.69, 9.17) is 4.74 Å². The Morgan fingerprint density at radius 1 is 1.00 bits per heavy atom. The highest BCUT2D eigenvalue weighted by molar-refractivity contribution is 5.43. The summed E-state index contributed by atoms with van der Waals surface area (Å²) < 4.78 is 31.6. The lowest BCUT2D eigenvalue weighted by Crippen LogP contribution is -1.96. The van der Waals surface area contributed by atoms with Gasteiger partial charge in [0.2, 0.25) is 11.9 Å². The third-order valence-electron chi connectivity index (χ3n) is 3.03. The van der Waals surface area contributed by atoms with Gasteiger partial charge >= 0.3 is 0 Å². The average Bonchev–Trinajstić information content (AvgIpc) is 2.52. The van der Waals surface area contributed by atoms with Gasteiger partial charge in [0.15, 0.2) is 0 Å². The fourth-order valence-corrected chi connectivity index (χ4v) is 1.82. The molecule has 4 heteroatoms. The second kappa shape index (κ2) is 8.14. The third kappa shape index (κ3) is 4.85. The molecule has 0 radical (unpaired) electrons. The summed E-state index contributed by atoms with van der Waals surface area (Å²) in [4.78, 5) is 3.09. The van der Waals surface area contributed by atoms with E-state index in [9.17, 15) is 8.78 Å². The van der Waals surface area contributed by atoms with E-state index in [0.717, 1.165) is 36.6 Å². The van der Waals surface area contributed by atoms with Gasteiger partial charge in [-0.1, -0.05) is 31.6 Å². The number of nitrogens with zero attached hydrogens (tertiary/aromatic N) is 1. The Kier molecular flexibility index (Phi) is 5.91. The Morgan fingerprint density at radius 2 is 1.77 bits per heavy atom. The topological polar surface area (TPSA) is 22.1 Å². The van der Waals surface area contributed by atoms with Gasteiger partial charge in [0.05, 0.1) is 12.2 Å². The number of halogens is 2. The van der Waals surface area contributed by atoms with E-state index < -0.39 is 11.9 Å². The molecule has 0 aliphatic rings. The predicted molar refractivity (Wildman–Crippen MR) is 81.6 cm³/mol. The summed E-state index contributed by atoms with van der Waals surface area (Å²) in [5.74, 6) is 4.49. The second-order valence-electron chi connectivity index (χ2n) is 4.80. The number of benzene rings is 1. The predicted octanol–water partition coefficient (Wildman–Crippen LogP) is 4.33. The Labute approximate surface area is 129 Å². The van der Waals surface area contributed by atoms with Gasteiger partial charge in [-0.2, -0.15) is 13.8 Å². The molecule has 114 valence electrons. The summed E-state index contributed by atoms with van der Waals surface area (Å²) in [7, 11) is 0. The molecule has 2 rings (SSSR count). The van der Waals surface area contributed by atoms with Crippen LogP contribution in [0.25, 0.3) is 0 Å². The quantitative estimate of drug-likeness (QED) is 0.466. The lowest BCUT2D eigenvalue weighted by molar-refractivity contribution is 0.306. The normalized spacial score (nSPS) is 9.95. The Balaban J connectivity index is 1.98. The van der Waals surface area contributed by atoms with Crippen LogP contribution in [-0.4, -0.2) is 11.6 Å². The van der Waals surface area contributed by atoms with E-state index in [1.54, 1.807) is 12.1 Å². The van der Waals surface area contributed by atoms with Gasteiger partial charge in [-0.25, -0.2) is 0 Å². The first-order chi connectivity index (χ1) is 10.7. The molecule has 0 aliphatic carbocycles. The van der Waals surface area contributed by atoms with Crippen molar-refractivity contribution in [3.05, 3.63) is 59.4 Å². The summed E-state index contributed by atoms with van der Waals surface area (Å²) in [6.07, 6.45) is 3.35. The molecule has 22 heavy (non-hydrogen) atoms. The molecule has 0 bridgehead atoms. The highest BCUT2D eigenvalue weighted by Crippen LogP contribution is 2.12. The maximum absolute atomic E-state index is 13.3. The zero-order valence-electron chi connectivity index (χ0n) is 12.4. The largest absolute Gasteiger partial charge is 0.494 e. The number of aromatic nitrogens is 1. The molecular weight excluding hydrogens is 284 g/mol. The maximum Gasteiger partial charge on any atom is 0.231 e. The summed E-state index contributed by atoms with van der Waals surface area (Å²) in [5.41, 5.74) is 0.797. The minimum absolute atomic E-state index is 0.0706. The average molecular weight is 301 g/mol. The molecule has 0 aliphatic heterocycles. The highest BCUT2D eigenvalue weighted by atomic mass is 19.1. The third-order valence-corrected chi connectivity index (χ3v) is 3.03. The maximum atomic E-state index is 13.3. The summed E-state index contributed by atoms with van der Waals surface area (Å²) >= 11 is 0. The van der Waals surface area contributed by atoms with E-state index >= 15 is 0 Å². The van der Waals surface area contributed by atoms with Crippen molar-refractivity contribution >= 4 is 0 Å². The van der Waals surface area contributed by atoms with Crippen molar-refractivity contribution in [3.8, 4) is 17.6 Å². The summed E-state index contributed by atoms with van der Waals surface area (Å²) in [6.45, 7) is 2.85. The van der Waals surface area contributed by atoms with Crippen molar-refractivity contribution in [2.75, 3.05) is 6.61 Å². The van der Waals surface area contributed by atoms with Crippen LogP contribution in [0.15, 0.2) is 36.4 Å². The van der Waals surface area contributed by atoms with Gasteiger partial charge in [0.1, 0.15) is 5.75 Å². The number of hydrogen-bond donors (Lipinski definition) is 0. The Hall–Kier alpha value is -2.41. The number of rotatable bonds is 5. The first kappa shape index (κ1) is 16.0. The van der Waals surface area contributed by atoms with E-state index in [2.05, 4.69) is 23.7 Å². The van der Waals surface area contributed by atoms with Crippen molar-refractivity contribution in [2.45, 2.75) is 26.2 Å². The molecule has 0 N–H and O–H groups in total. The molecule has 0 fully saturated rings. The van der Waals surface area contributed by atoms with Crippen LogP contribution in [0.4, 0.5) is 8.78 Å². The van der Waals surface area contributed by atoms with Crippen LogP contribution in [0.3, 0.4) is 0 Å². The van der Waals surface area contributed by atoms with Crippen molar-refractivity contribution < 1.29 is 13.5 Å². The minimum atomic E-state index is -0.900. The second-order valence-corrected chi connectivity index (χ2v) is 4.80. The SMILES string of the molecule is CCCCCOc1ccc(C#Cc2ccc(F)nc2F)cc1. The molecular formula is C18H17F2NO. The summed E-state index contributed by atoms with van der Waals surface area (Å²) in [6, 6.07) is 9.62. The minimum Gasteiger partial charge on any atom is -0.494 e. The molecule has 1 aromatic heterocycles. The van der Waals surface area contributed by atoms with E-state index in [1.807, 2.05) is 12.1 Å². The van der Waals surface area contributed by atoms with Gasteiger partial charge in [-0.15, -0.1) is 0 Å². The van der Waals surface area contributed by atoms with Gasteiger partial charge in [-0.3, -0.25) is 0 Å². The first-order valence-electron chi connectivity index (χ1n) is 7.26. The molecule has 0 amide bonds. The molecule has 2 nitrogen and oxygen atoms in total. The number of ether oxygens (including phenoxy) is 1. The number of unbranched alkanes of at least 4 members (excludes halogenated alkanes) is 2. The zero-order chi connectivity index (χ0) is 15.8. The van der Waals surface area contributed by atoms with E-state index in [0.29, 0.717) is 6.61 Å². The molecule has 0 saturated carbocycles. The molecule has 1 aromatic carbocycles. The monoisotopic (exact) mass is 301 g/mol. The van der Waals surface area contributed by atoms with Crippen LogP contribution in [0, 0.1) is 23.7 Å². The standard InChI is InChI=1S/C18H17F2NO/c1-2-3-4-13-22-16-10-6-14(7-11-16)5-8-15-9-12-17(19)21-18(15)20/h6-7,9-12H,2-4,13H2,1H3. The zero-order valence-corrected chi connectivity index (χ0v) is 12.4. The van der Waals surface area contributed by atoms with Gasteiger partial charge < -0.3 is 4.74 Å². The lowest BCUT2D eigenvalue weighted by atomic mass is 10.2. The van der Waals surface area contributed by atoms with Crippen LogP contribution in [0.5, 0.6) is 5.75 Å². The fourth-order valence-electron chi connectivity index (χ4n) is 1.82. The molecule has 0 spiro atoms. The van der Waals surface area contributed by atoms with Gasteiger partial charge in [0, 0.05) is 5.56 Å². The van der Waals surface area contributed by atoms with Crippen LogP contribution in [0.2, 0.25) is 0 Å². The van der Waals surface area contributed by atoms with Gasteiger partial charge in [0.25, 0.3) is 0 Å². The number of hydrogen-bond acceptors (Lipinski definition) is 2. The molecule has 0 saturated heterocycles. The van der Waals surface area contributed by atoms with Crippen LogP contribution >= 0.6 is 0 Å². The molecule has 0 unspecified atom stereocenters. The molecule has 1 heterocycles. The van der Waals surface area contributed by atoms with E-state index in [-0.39, 0.29) is 5.56 Å². The fraction of sp³-hybridized carbons (Fsp3) is 0.278. The summed E-state index contributed by atoms with van der Waals surface area (Å²) in [5, 5.41) is 0.